The van der Waals surface area contributed by atoms with E-state index in [9.17, 15) is 0 Å². The maximum absolute atomic E-state index is 6.15. The number of hydrogen-bond acceptors (Lipinski definition) is 1. The Morgan fingerprint density at radius 3 is 1.94 bits per heavy atom. The molecule has 0 bridgehead atoms. The second-order valence-corrected chi connectivity index (χ2v) is 8.57. The second-order valence-electron chi connectivity index (χ2n) is 4.77. The van der Waals surface area contributed by atoms with Gasteiger partial charge in [-0.25, -0.2) is 0 Å². The molecular formula is C16H18OSi. The normalized spacial score (nSPS) is 11.0. The zero-order chi connectivity index (χ0) is 13.0. The average molecular weight is 254 g/mol. The van der Waals surface area contributed by atoms with Gasteiger partial charge in [-0.2, -0.15) is 0 Å². The summed E-state index contributed by atoms with van der Waals surface area (Å²) in [6.45, 7) is 8.43. The van der Waals surface area contributed by atoms with E-state index in [1.165, 1.54) is 5.19 Å². The summed E-state index contributed by atoms with van der Waals surface area (Å²) in [5.74, 6) is 0.760. The van der Waals surface area contributed by atoms with E-state index in [-0.39, 0.29) is 0 Å². The van der Waals surface area contributed by atoms with Crippen LogP contribution in [-0.4, -0.2) is 8.32 Å². The van der Waals surface area contributed by atoms with E-state index in [4.69, 9.17) is 4.43 Å². The molecule has 2 aromatic rings. The van der Waals surface area contributed by atoms with Crippen LogP contribution in [0.15, 0.2) is 67.2 Å². The van der Waals surface area contributed by atoms with Crippen molar-refractivity contribution in [2.24, 2.45) is 0 Å². The van der Waals surface area contributed by atoms with Crippen molar-refractivity contribution in [3.8, 4) is 0 Å². The molecule has 0 aliphatic heterocycles. The van der Waals surface area contributed by atoms with Gasteiger partial charge in [0, 0.05) is 5.56 Å². The minimum Gasteiger partial charge on any atom is -0.540 e. The number of benzene rings is 2. The van der Waals surface area contributed by atoms with Gasteiger partial charge in [-0.05, 0) is 18.3 Å². The summed E-state index contributed by atoms with van der Waals surface area (Å²) < 4.78 is 6.15. The average Bonchev–Trinajstić information content (AvgIpc) is 2.40. The molecule has 0 spiro atoms. The van der Waals surface area contributed by atoms with E-state index in [0.29, 0.717) is 0 Å². The Balaban J connectivity index is 2.17. The fourth-order valence-electron chi connectivity index (χ4n) is 1.89. The monoisotopic (exact) mass is 254 g/mol. The van der Waals surface area contributed by atoms with E-state index >= 15 is 0 Å². The van der Waals surface area contributed by atoms with Gasteiger partial charge in [0.05, 0.1) is 0 Å². The predicted octanol–water partition coefficient (Wildman–Crippen LogP) is 3.79. The van der Waals surface area contributed by atoms with Crippen LogP contribution in [0.2, 0.25) is 13.1 Å². The van der Waals surface area contributed by atoms with E-state index in [1.54, 1.807) is 0 Å². The SMILES string of the molecule is C=C(O[Si](C)(C)c1ccccc1)c1ccccc1. The van der Waals surface area contributed by atoms with Gasteiger partial charge < -0.3 is 4.43 Å². The topological polar surface area (TPSA) is 9.23 Å². The molecule has 2 aromatic carbocycles. The molecule has 0 unspecified atom stereocenters. The minimum atomic E-state index is -1.92. The summed E-state index contributed by atoms with van der Waals surface area (Å²) in [7, 11) is -1.92. The van der Waals surface area contributed by atoms with Gasteiger partial charge in [0.1, 0.15) is 5.76 Å². The van der Waals surface area contributed by atoms with Gasteiger partial charge >= 0.3 is 0 Å². The fraction of sp³-hybridized carbons (Fsp3) is 0.125. The lowest BCUT2D eigenvalue weighted by Gasteiger charge is -2.26. The van der Waals surface area contributed by atoms with E-state index in [0.717, 1.165) is 11.3 Å². The van der Waals surface area contributed by atoms with Crippen molar-refractivity contribution in [3.63, 3.8) is 0 Å². The lowest BCUT2D eigenvalue weighted by molar-refractivity contribution is 0.523. The van der Waals surface area contributed by atoms with Crippen molar-refractivity contribution >= 4 is 19.3 Å². The standard InChI is InChI=1S/C16H18OSi/c1-14(15-10-6-4-7-11-15)17-18(2,3)16-12-8-5-9-13-16/h4-13H,1H2,2-3H3. The van der Waals surface area contributed by atoms with Crippen molar-refractivity contribution in [1.82, 2.24) is 0 Å². The third-order valence-electron chi connectivity index (χ3n) is 2.94. The van der Waals surface area contributed by atoms with Gasteiger partial charge in [-0.3, -0.25) is 0 Å². The number of hydrogen-bond donors (Lipinski definition) is 0. The van der Waals surface area contributed by atoms with Crippen molar-refractivity contribution in [3.05, 3.63) is 72.8 Å². The van der Waals surface area contributed by atoms with E-state index in [1.807, 2.05) is 36.4 Å². The van der Waals surface area contributed by atoms with Gasteiger partial charge in [-0.15, -0.1) is 0 Å². The van der Waals surface area contributed by atoms with Crippen molar-refractivity contribution < 1.29 is 4.43 Å². The third kappa shape index (κ3) is 2.90. The van der Waals surface area contributed by atoms with Crippen molar-refractivity contribution in [2.75, 3.05) is 0 Å². The van der Waals surface area contributed by atoms with Crippen LogP contribution in [0.4, 0.5) is 0 Å². The zero-order valence-electron chi connectivity index (χ0n) is 10.9. The largest absolute Gasteiger partial charge is 0.540 e. The quantitative estimate of drug-likeness (QED) is 0.596. The van der Waals surface area contributed by atoms with Gasteiger partial charge in [0.25, 0.3) is 8.32 Å². The Hall–Kier alpha value is -1.80. The molecule has 0 aliphatic carbocycles. The molecule has 0 aromatic heterocycles. The lowest BCUT2D eigenvalue weighted by atomic mass is 10.2. The van der Waals surface area contributed by atoms with Gasteiger partial charge in [0.2, 0.25) is 0 Å². The predicted molar refractivity (Wildman–Crippen MR) is 80.1 cm³/mol. The van der Waals surface area contributed by atoms with Crippen LogP contribution in [0, 0.1) is 0 Å². The van der Waals surface area contributed by atoms with Crippen LogP contribution in [0.25, 0.3) is 5.76 Å². The summed E-state index contributed by atoms with van der Waals surface area (Å²) in [5, 5.41) is 1.28. The summed E-state index contributed by atoms with van der Waals surface area (Å²) in [6.07, 6.45) is 0. The highest BCUT2D eigenvalue weighted by molar-refractivity contribution is 6.85. The lowest BCUT2D eigenvalue weighted by Crippen LogP contribution is -2.43. The molecule has 0 fully saturated rings. The maximum atomic E-state index is 6.15. The van der Waals surface area contributed by atoms with Crippen LogP contribution in [0.5, 0.6) is 0 Å². The van der Waals surface area contributed by atoms with Crippen LogP contribution in [-0.2, 0) is 4.43 Å². The van der Waals surface area contributed by atoms with Gasteiger partial charge in [0.15, 0.2) is 0 Å². The summed E-state index contributed by atoms with van der Waals surface area (Å²) in [4.78, 5) is 0. The molecule has 2 rings (SSSR count). The molecule has 0 heterocycles. The van der Waals surface area contributed by atoms with Crippen molar-refractivity contribution in [1.29, 1.82) is 0 Å². The van der Waals surface area contributed by atoms with Crippen LogP contribution in [0.1, 0.15) is 5.56 Å². The van der Waals surface area contributed by atoms with Crippen LogP contribution in [0.3, 0.4) is 0 Å². The molecule has 0 radical (unpaired) electrons. The maximum Gasteiger partial charge on any atom is 0.276 e. The molecule has 0 saturated heterocycles. The first-order valence-corrected chi connectivity index (χ1v) is 8.99. The smallest absolute Gasteiger partial charge is 0.276 e. The Bertz CT molecular complexity index is 517. The molecule has 0 saturated carbocycles. The molecule has 18 heavy (non-hydrogen) atoms. The Morgan fingerprint density at radius 1 is 0.889 bits per heavy atom. The summed E-state index contributed by atoms with van der Waals surface area (Å²) >= 11 is 0. The Morgan fingerprint density at radius 2 is 1.39 bits per heavy atom. The van der Waals surface area contributed by atoms with E-state index in [2.05, 4.69) is 43.9 Å². The fourth-order valence-corrected chi connectivity index (χ4v) is 3.74. The Labute approximate surface area is 110 Å². The highest BCUT2D eigenvalue weighted by Gasteiger charge is 2.27. The molecule has 0 atom stereocenters. The highest BCUT2D eigenvalue weighted by atomic mass is 28.4. The summed E-state index contributed by atoms with van der Waals surface area (Å²) in [5.41, 5.74) is 1.05. The first-order valence-electron chi connectivity index (χ1n) is 6.08. The minimum absolute atomic E-state index is 0.760. The molecule has 2 heteroatoms. The first kappa shape index (κ1) is 12.6. The van der Waals surface area contributed by atoms with E-state index < -0.39 is 8.32 Å². The second kappa shape index (κ2) is 5.23. The van der Waals surface area contributed by atoms with Crippen molar-refractivity contribution in [2.45, 2.75) is 13.1 Å². The van der Waals surface area contributed by atoms with Crippen LogP contribution < -0.4 is 5.19 Å². The Kier molecular flexibility index (Phi) is 3.68. The zero-order valence-corrected chi connectivity index (χ0v) is 11.9. The van der Waals surface area contributed by atoms with Gasteiger partial charge in [-0.1, -0.05) is 67.2 Å². The first-order chi connectivity index (χ1) is 8.59. The number of rotatable bonds is 4. The molecule has 92 valence electrons. The summed E-state index contributed by atoms with van der Waals surface area (Å²) in [6, 6.07) is 20.4. The highest BCUT2D eigenvalue weighted by Crippen LogP contribution is 2.19. The van der Waals surface area contributed by atoms with Crippen LogP contribution >= 0.6 is 0 Å². The third-order valence-corrected chi connectivity index (χ3v) is 5.42. The molecular weight excluding hydrogens is 236 g/mol. The molecule has 0 amide bonds. The molecule has 0 aliphatic rings. The molecule has 1 nitrogen and oxygen atoms in total. The molecule has 0 N–H and O–H groups in total.